The van der Waals surface area contributed by atoms with Gasteiger partial charge in [0.1, 0.15) is 17.8 Å². The Morgan fingerprint density at radius 1 is 1.16 bits per heavy atom. The largest absolute Gasteiger partial charge is 0.469 e. The van der Waals surface area contributed by atoms with E-state index in [0.717, 1.165) is 0 Å². The quantitative estimate of drug-likeness (QED) is 0.261. The summed E-state index contributed by atoms with van der Waals surface area (Å²) in [4.78, 5) is 52.1. The van der Waals surface area contributed by atoms with Crippen LogP contribution in [0.15, 0.2) is 23.8 Å². The molecule has 0 aromatic rings. The minimum Gasteiger partial charge on any atom is -0.469 e. The Labute approximate surface area is 251 Å². The van der Waals surface area contributed by atoms with Gasteiger partial charge < -0.3 is 33.9 Å². The van der Waals surface area contributed by atoms with Crippen LogP contribution in [0.3, 0.4) is 0 Å². The maximum Gasteiger partial charge on any atom is 0.340 e. The van der Waals surface area contributed by atoms with Gasteiger partial charge >= 0.3 is 23.9 Å². The third kappa shape index (κ3) is 4.32. The Morgan fingerprint density at radius 3 is 2.42 bits per heavy atom. The highest BCUT2D eigenvalue weighted by Gasteiger charge is 2.76. The zero-order valence-corrected chi connectivity index (χ0v) is 26.0. The van der Waals surface area contributed by atoms with Crippen molar-refractivity contribution >= 4 is 23.9 Å². The van der Waals surface area contributed by atoms with E-state index >= 15 is 0 Å². The number of hydrogen-bond acceptors (Lipinski definition) is 11. The summed E-state index contributed by atoms with van der Waals surface area (Å²) in [5.74, 6) is -3.57. The lowest BCUT2D eigenvalue weighted by Gasteiger charge is -2.71. The molecule has 3 heterocycles. The molecule has 3 aliphatic heterocycles. The van der Waals surface area contributed by atoms with Gasteiger partial charge in [-0.3, -0.25) is 14.4 Å². The van der Waals surface area contributed by atoms with Crippen molar-refractivity contribution in [2.24, 2.45) is 34.0 Å². The van der Waals surface area contributed by atoms with Crippen molar-refractivity contribution in [3.05, 3.63) is 23.8 Å². The van der Waals surface area contributed by atoms with Gasteiger partial charge in [-0.15, -0.1) is 0 Å². The van der Waals surface area contributed by atoms with Gasteiger partial charge in [0, 0.05) is 17.3 Å². The Balaban J connectivity index is 1.68. The number of esters is 4. The van der Waals surface area contributed by atoms with Crippen LogP contribution < -0.4 is 0 Å². The van der Waals surface area contributed by atoms with Crippen LogP contribution in [0.4, 0.5) is 0 Å². The molecule has 43 heavy (non-hydrogen) atoms. The Morgan fingerprint density at radius 2 is 1.84 bits per heavy atom. The number of cyclic esters (lactones) is 2. The molecule has 0 aromatic carbocycles. The van der Waals surface area contributed by atoms with Crippen molar-refractivity contribution in [1.82, 2.24) is 0 Å². The molecule has 0 radical (unpaired) electrons. The Kier molecular flexibility index (Phi) is 7.66. The number of carbonyl (C=O) groups excluding carboxylic acids is 4. The van der Waals surface area contributed by atoms with Gasteiger partial charge in [0.2, 0.25) is 6.29 Å². The minimum absolute atomic E-state index is 0.0156. The van der Waals surface area contributed by atoms with Crippen molar-refractivity contribution in [2.45, 2.75) is 110 Å². The van der Waals surface area contributed by atoms with E-state index in [2.05, 4.69) is 6.58 Å². The third-order valence-electron chi connectivity index (χ3n) is 11.7. The average Bonchev–Trinajstić information content (AvgIpc) is 3.28. The molecule has 1 spiro atoms. The fourth-order valence-corrected chi connectivity index (χ4v) is 8.88. The molecule has 3 unspecified atom stereocenters. The van der Waals surface area contributed by atoms with Crippen molar-refractivity contribution in [3.8, 4) is 0 Å². The van der Waals surface area contributed by atoms with Gasteiger partial charge in [0.05, 0.1) is 31.1 Å². The van der Waals surface area contributed by atoms with Crippen LogP contribution in [0.2, 0.25) is 0 Å². The molecule has 2 N–H and O–H groups in total. The van der Waals surface area contributed by atoms with Crippen molar-refractivity contribution in [3.63, 3.8) is 0 Å². The predicted octanol–water partition coefficient (Wildman–Crippen LogP) is 2.76. The summed E-state index contributed by atoms with van der Waals surface area (Å²) in [6.07, 6.45) is -3.34. The fraction of sp³-hybridized carbons (Fsp3) is 0.750. The summed E-state index contributed by atoms with van der Waals surface area (Å²) in [5, 5.41) is 21.9. The lowest BCUT2D eigenvalue weighted by Crippen LogP contribution is -2.77. The molecule has 238 valence electrons. The molecule has 11 atom stereocenters. The van der Waals surface area contributed by atoms with Crippen LogP contribution in [0.5, 0.6) is 0 Å². The van der Waals surface area contributed by atoms with Gasteiger partial charge in [-0.2, -0.15) is 0 Å². The number of hydrogen-bond donors (Lipinski definition) is 2. The summed E-state index contributed by atoms with van der Waals surface area (Å²) >= 11 is 0. The summed E-state index contributed by atoms with van der Waals surface area (Å²) in [6.45, 7) is 15.7. The molecule has 4 fully saturated rings. The number of ether oxygens (including phenoxy) is 5. The fourth-order valence-electron chi connectivity index (χ4n) is 8.88. The second-order valence-corrected chi connectivity index (χ2v) is 14.0. The monoisotopic (exact) mass is 604 g/mol. The van der Waals surface area contributed by atoms with Crippen molar-refractivity contribution in [2.75, 3.05) is 7.11 Å². The number of fused-ring (bicyclic) bond motifs is 3. The topological polar surface area (TPSA) is 155 Å². The van der Waals surface area contributed by atoms with E-state index in [0.29, 0.717) is 24.8 Å². The average molecular weight is 605 g/mol. The first-order chi connectivity index (χ1) is 20.0. The molecule has 2 saturated carbocycles. The lowest BCUT2D eigenvalue weighted by atomic mass is 9.41. The van der Waals surface area contributed by atoms with Crippen LogP contribution in [-0.2, 0) is 42.9 Å². The molecule has 2 saturated heterocycles. The molecule has 2 aliphatic carbocycles. The molecule has 0 aromatic heterocycles. The molecule has 0 amide bonds. The lowest BCUT2D eigenvalue weighted by molar-refractivity contribution is -0.336. The SMILES string of the molecule is C=C1C2CC[C@@]3(C)[C@H](C4=CC(O)OC4=O)OC(=O)C[C@]13O[C@H]1[C@@H](OC(=O)C(C)CC)[C@H](O)C(C)(C)[C@H](CC(=O)OC)[C@@]21C. The number of carbonyl (C=O) groups is 4. The number of rotatable bonds is 6. The van der Waals surface area contributed by atoms with E-state index in [9.17, 15) is 29.4 Å². The standard InChI is InChI=1S/C32H44O11/c1-9-15(2)27(37)42-23-24(36)29(4,5)19(13-20(33)39-8)31(7)18-10-11-30(6)25(17-12-21(34)41-28(17)38)40-22(35)14-32(30,16(18)3)43-26(23)31/h12,15,18-19,21,23-26,34,36H,3,9-11,13-14H2,1-2,4-8H3/t15?,18?,19-,21?,23-,24-,25-,26-,30-,31+,32-/m0/s1. The van der Waals surface area contributed by atoms with Crippen LogP contribution in [0, 0.1) is 34.0 Å². The molecule has 11 nitrogen and oxygen atoms in total. The van der Waals surface area contributed by atoms with Crippen LogP contribution >= 0.6 is 0 Å². The normalized spacial score (nSPS) is 43.8. The van der Waals surface area contributed by atoms with Gasteiger partial charge in [0.25, 0.3) is 0 Å². The van der Waals surface area contributed by atoms with E-state index in [4.69, 9.17) is 23.7 Å². The highest BCUT2D eigenvalue weighted by Crippen LogP contribution is 2.71. The molecular formula is C32H44O11. The van der Waals surface area contributed by atoms with Crippen LogP contribution in [-0.4, -0.2) is 77.5 Å². The molecule has 11 heteroatoms. The zero-order valence-electron chi connectivity index (χ0n) is 26.0. The first-order valence-electron chi connectivity index (χ1n) is 15.1. The highest BCUT2D eigenvalue weighted by molar-refractivity contribution is 5.93. The number of aliphatic hydroxyl groups excluding tert-OH is 2. The van der Waals surface area contributed by atoms with E-state index in [1.165, 1.54) is 13.2 Å². The predicted molar refractivity (Wildman–Crippen MR) is 150 cm³/mol. The van der Waals surface area contributed by atoms with E-state index in [-0.39, 0.29) is 24.3 Å². The summed E-state index contributed by atoms with van der Waals surface area (Å²) in [7, 11) is 1.32. The molecule has 5 rings (SSSR count). The smallest absolute Gasteiger partial charge is 0.340 e. The summed E-state index contributed by atoms with van der Waals surface area (Å²) in [5.41, 5.74) is -3.53. The molecule has 5 aliphatic rings. The van der Waals surface area contributed by atoms with Gasteiger partial charge in [-0.05, 0) is 48.2 Å². The van der Waals surface area contributed by atoms with E-state index in [1.54, 1.807) is 6.92 Å². The van der Waals surface area contributed by atoms with Crippen LogP contribution in [0.25, 0.3) is 0 Å². The van der Waals surface area contributed by atoms with Gasteiger partial charge in [-0.25, -0.2) is 4.79 Å². The molecule has 2 bridgehead atoms. The van der Waals surface area contributed by atoms with Crippen LogP contribution in [0.1, 0.15) is 73.6 Å². The summed E-state index contributed by atoms with van der Waals surface area (Å²) < 4.78 is 29.0. The first-order valence-corrected chi connectivity index (χ1v) is 15.1. The molecular weight excluding hydrogens is 560 g/mol. The minimum atomic E-state index is -1.46. The Bertz CT molecular complexity index is 1270. The zero-order chi connectivity index (χ0) is 31.9. The summed E-state index contributed by atoms with van der Waals surface area (Å²) in [6, 6.07) is 0. The Hall–Kier alpha value is -2.76. The number of methoxy groups -OCH3 is 1. The van der Waals surface area contributed by atoms with E-state index < -0.39 is 88.3 Å². The highest BCUT2D eigenvalue weighted by atomic mass is 16.6. The van der Waals surface area contributed by atoms with E-state index in [1.807, 2.05) is 34.6 Å². The van der Waals surface area contributed by atoms with Gasteiger partial charge in [0.15, 0.2) is 6.10 Å². The maximum absolute atomic E-state index is 13.3. The second-order valence-electron chi connectivity index (χ2n) is 14.0. The van der Waals surface area contributed by atoms with Crippen molar-refractivity contribution in [1.29, 1.82) is 0 Å². The second kappa shape index (κ2) is 10.4. The maximum atomic E-state index is 13.3. The van der Waals surface area contributed by atoms with Gasteiger partial charge in [-0.1, -0.05) is 48.1 Å². The third-order valence-corrected chi connectivity index (χ3v) is 11.7. The first kappa shape index (κ1) is 31.7. The van der Waals surface area contributed by atoms with Crippen molar-refractivity contribution < 1.29 is 53.1 Å². The number of aliphatic hydroxyl groups is 2.